The van der Waals surface area contributed by atoms with Crippen LogP contribution in [-0.2, 0) is 16.1 Å². The molecule has 2 aromatic carbocycles. The third-order valence-electron chi connectivity index (χ3n) is 2.65. The summed E-state index contributed by atoms with van der Waals surface area (Å²) in [5.74, 6) is -0.343. The molecule has 2 rings (SSSR count). The zero-order valence-electron chi connectivity index (χ0n) is 10.9. The van der Waals surface area contributed by atoms with Gasteiger partial charge in [0.2, 0.25) is 0 Å². The maximum atomic E-state index is 11.7. The van der Waals surface area contributed by atoms with E-state index in [1.54, 1.807) is 36.4 Å². The van der Waals surface area contributed by atoms with Crippen molar-refractivity contribution in [2.24, 2.45) is 10.9 Å². The van der Waals surface area contributed by atoms with Gasteiger partial charge in [-0.2, -0.15) is 0 Å². The number of carbonyl (C=O) groups excluding carboxylic acids is 1. The number of amidine groups is 1. The molecule has 0 spiro atoms. The summed E-state index contributed by atoms with van der Waals surface area (Å²) in [5, 5.41) is 4.26. The van der Waals surface area contributed by atoms with Gasteiger partial charge in [0.1, 0.15) is 0 Å². The number of nitrogens with two attached hydrogens (primary N) is 1. The lowest BCUT2D eigenvalue weighted by molar-refractivity contribution is -0.142. The van der Waals surface area contributed by atoms with Crippen molar-refractivity contribution in [2.75, 3.05) is 0 Å². The summed E-state index contributed by atoms with van der Waals surface area (Å²) in [4.78, 5) is 16.5. The highest BCUT2D eigenvalue weighted by Crippen LogP contribution is 2.11. The van der Waals surface area contributed by atoms with Gasteiger partial charge < -0.3 is 10.6 Å². The summed E-state index contributed by atoms with van der Waals surface area (Å²) in [7, 11) is 0. The van der Waals surface area contributed by atoms with Crippen LogP contribution < -0.4 is 5.73 Å². The van der Waals surface area contributed by atoms with Crippen molar-refractivity contribution in [2.45, 2.75) is 6.42 Å². The van der Waals surface area contributed by atoms with Gasteiger partial charge in [-0.3, -0.25) is 0 Å². The molecule has 2 aromatic rings. The molecule has 0 aliphatic carbocycles. The molecule has 21 heavy (non-hydrogen) atoms. The zero-order valence-corrected chi connectivity index (χ0v) is 13.3. The first kappa shape index (κ1) is 15.5. The quantitative estimate of drug-likeness (QED) is 0.389. The van der Waals surface area contributed by atoms with Crippen LogP contribution in [0, 0.1) is 0 Å². The molecular formula is C15H12BrClN2O2. The molecule has 0 aliphatic heterocycles. The smallest absolute Gasteiger partial charge is 0.339 e. The van der Waals surface area contributed by atoms with E-state index in [1.165, 1.54) is 0 Å². The van der Waals surface area contributed by atoms with E-state index in [0.717, 1.165) is 10.0 Å². The highest BCUT2D eigenvalue weighted by molar-refractivity contribution is 9.10. The maximum Gasteiger partial charge on any atom is 0.339 e. The molecule has 0 aromatic heterocycles. The van der Waals surface area contributed by atoms with E-state index in [4.69, 9.17) is 22.2 Å². The highest BCUT2D eigenvalue weighted by atomic mass is 79.9. The predicted octanol–water partition coefficient (Wildman–Crippen LogP) is 3.51. The molecule has 108 valence electrons. The van der Waals surface area contributed by atoms with Gasteiger partial charge in [0.25, 0.3) is 0 Å². The highest BCUT2D eigenvalue weighted by Gasteiger charge is 2.06. The van der Waals surface area contributed by atoms with Gasteiger partial charge in [0.05, 0.1) is 6.42 Å². The Balaban J connectivity index is 1.94. The fraction of sp³-hybridized carbons (Fsp3) is 0.0667. The van der Waals surface area contributed by atoms with E-state index in [1.807, 2.05) is 12.1 Å². The molecule has 4 nitrogen and oxygen atoms in total. The first-order valence-corrected chi connectivity index (χ1v) is 7.25. The van der Waals surface area contributed by atoms with E-state index in [0.29, 0.717) is 10.6 Å². The Bertz CT molecular complexity index is 654. The van der Waals surface area contributed by atoms with Crippen molar-refractivity contribution >= 4 is 39.3 Å². The third-order valence-corrected chi connectivity index (χ3v) is 3.43. The topological polar surface area (TPSA) is 64.7 Å². The largest absolute Gasteiger partial charge is 0.380 e. The molecule has 0 bridgehead atoms. The van der Waals surface area contributed by atoms with Crippen LogP contribution in [0.5, 0.6) is 0 Å². The first-order valence-electron chi connectivity index (χ1n) is 6.08. The number of hydrogen-bond acceptors (Lipinski definition) is 3. The fourth-order valence-electron chi connectivity index (χ4n) is 1.57. The Morgan fingerprint density at radius 3 is 2.38 bits per heavy atom. The van der Waals surface area contributed by atoms with Gasteiger partial charge >= 0.3 is 5.97 Å². The van der Waals surface area contributed by atoms with E-state index in [2.05, 4.69) is 21.1 Å². The van der Waals surface area contributed by atoms with Crippen molar-refractivity contribution in [1.82, 2.24) is 0 Å². The fourth-order valence-corrected chi connectivity index (χ4v) is 1.96. The van der Waals surface area contributed by atoms with Crippen LogP contribution >= 0.6 is 27.5 Å². The van der Waals surface area contributed by atoms with Crippen LogP contribution in [0.3, 0.4) is 0 Å². The summed E-state index contributed by atoms with van der Waals surface area (Å²) in [6.45, 7) is 0. The Morgan fingerprint density at radius 1 is 1.14 bits per heavy atom. The Labute approximate surface area is 135 Å². The summed E-state index contributed by atoms with van der Waals surface area (Å²) < 4.78 is 0.929. The lowest BCUT2D eigenvalue weighted by Crippen LogP contribution is -2.15. The molecule has 0 amide bonds. The molecule has 0 saturated carbocycles. The van der Waals surface area contributed by atoms with Crippen LogP contribution in [-0.4, -0.2) is 11.8 Å². The first-order chi connectivity index (χ1) is 10.0. The number of oxime groups is 1. The minimum Gasteiger partial charge on any atom is -0.380 e. The molecule has 2 N–H and O–H groups in total. The Kier molecular flexibility index (Phi) is 5.36. The van der Waals surface area contributed by atoms with Crippen molar-refractivity contribution in [3.05, 3.63) is 69.2 Å². The van der Waals surface area contributed by atoms with E-state index in [-0.39, 0.29) is 12.3 Å². The van der Waals surface area contributed by atoms with Crippen LogP contribution in [0.1, 0.15) is 11.1 Å². The third kappa shape index (κ3) is 4.88. The van der Waals surface area contributed by atoms with Crippen LogP contribution in [0.4, 0.5) is 0 Å². The maximum absolute atomic E-state index is 11.7. The number of hydrogen-bond donors (Lipinski definition) is 1. The Hall–Kier alpha value is -1.85. The van der Waals surface area contributed by atoms with Crippen molar-refractivity contribution < 1.29 is 9.63 Å². The molecule has 0 radical (unpaired) electrons. The van der Waals surface area contributed by atoms with Gasteiger partial charge in [0.15, 0.2) is 5.84 Å². The van der Waals surface area contributed by atoms with E-state index < -0.39 is 5.97 Å². The van der Waals surface area contributed by atoms with Gasteiger partial charge in [-0.05, 0) is 29.8 Å². The summed E-state index contributed by atoms with van der Waals surface area (Å²) >= 11 is 9.10. The second-order valence-electron chi connectivity index (χ2n) is 4.25. The number of halogens is 2. The summed E-state index contributed by atoms with van der Waals surface area (Å²) in [6, 6.07) is 14.1. The second-order valence-corrected chi connectivity index (χ2v) is 5.60. The molecule has 0 fully saturated rings. The number of rotatable bonds is 4. The molecule has 0 aliphatic rings. The number of carbonyl (C=O) groups is 1. The SMILES string of the molecule is N/C(=N\OC(=O)Cc1ccc(Cl)cc1)c1ccc(Br)cc1. The number of benzene rings is 2. The Morgan fingerprint density at radius 2 is 1.76 bits per heavy atom. The monoisotopic (exact) mass is 366 g/mol. The normalized spacial score (nSPS) is 11.2. The van der Waals surface area contributed by atoms with Gasteiger partial charge in [-0.25, -0.2) is 4.79 Å². The molecule has 0 atom stereocenters. The summed E-state index contributed by atoms with van der Waals surface area (Å²) in [5.41, 5.74) is 7.22. The van der Waals surface area contributed by atoms with Crippen molar-refractivity contribution in [3.63, 3.8) is 0 Å². The van der Waals surface area contributed by atoms with E-state index in [9.17, 15) is 4.79 Å². The molecule has 0 unspecified atom stereocenters. The van der Waals surface area contributed by atoms with Gasteiger partial charge in [-0.15, -0.1) is 0 Å². The lowest BCUT2D eigenvalue weighted by atomic mass is 10.2. The van der Waals surface area contributed by atoms with E-state index >= 15 is 0 Å². The zero-order chi connectivity index (χ0) is 15.2. The molecule has 6 heteroatoms. The van der Waals surface area contributed by atoms with Crippen LogP contribution in [0.2, 0.25) is 5.02 Å². The van der Waals surface area contributed by atoms with Crippen LogP contribution in [0.25, 0.3) is 0 Å². The minimum absolute atomic E-state index is 0.105. The second kappa shape index (κ2) is 7.24. The van der Waals surface area contributed by atoms with Gasteiger partial charge in [0, 0.05) is 15.1 Å². The van der Waals surface area contributed by atoms with Gasteiger partial charge in [-0.1, -0.05) is 57.0 Å². The molecular weight excluding hydrogens is 356 g/mol. The molecule has 0 heterocycles. The lowest BCUT2D eigenvalue weighted by Gasteiger charge is -2.02. The van der Waals surface area contributed by atoms with Crippen molar-refractivity contribution in [3.8, 4) is 0 Å². The standard InChI is InChI=1S/C15H12BrClN2O2/c16-12-5-3-11(4-6-12)15(18)19-21-14(20)9-10-1-7-13(17)8-2-10/h1-8H,9H2,(H2,18,19). The summed E-state index contributed by atoms with van der Waals surface area (Å²) in [6.07, 6.45) is 0.105. The number of nitrogens with zero attached hydrogens (tertiary/aromatic N) is 1. The molecule has 0 saturated heterocycles. The van der Waals surface area contributed by atoms with Crippen molar-refractivity contribution in [1.29, 1.82) is 0 Å². The predicted molar refractivity (Wildman–Crippen MR) is 86.1 cm³/mol. The average Bonchev–Trinajstić information content (AvgIpc) is 2.48. The average molecular weight is 368 g/mol. The minimum atomic E-state index is -0.489. The van der Waals surface area contributed by atoms with Crippen LogP contribution in [0.15, 0.2) is 58.2 Å².